The Balaban J connectivity index is 2.03. The molecule has 0 spiro atoms. The van der Waals surface area contributed by atoms with Gasteiger partial charge in [-0.25, -0.2) is 4.39 Å². The summed E-state index contributed by atoms with van der Waals surface area (Å²) in [4.78, 5) is 11.8. The predicted molar refractivity (Wildman–Crippen MR) is 84.4 cm³/mol. The fourth-order valence-electron chi connectivity index (χ4n) is 1.67. The van der Waals surface area contributed by atoms with Crippen molar-refractivity contribution >= 4 is 33.7 Å². The third-order valence-corrected chi connectivity index (χ3v) is 3.34. The van der Waals surface area contributed by atoms with Crippen LogP contribution in [-0.4, -0.2) is 16.1 Å². The quantitative estimate of drug-likeness (QED) is 0.815. The summed E-state index contributed by atoms with van der Waals surface area (Å²) in [6.07, 6.45) is 2.69. The lowest BCUT2D eigenvalue weighted by atomic mass is 10.1. The van der Waals surface area contributed by atoms with Gasteiger partial charge in [-0.05, 0) is 30.2 Å². The molecule has 0 saturated heterocycles. The molecule has 0 unspecified atom stereocenters. The fourth-order valence-corrected chi connectivity index (χ4v) is 2.05. The van der Waals surface area contributed by atoms with E-state index in [2.05, 4.69) is 31.4 Å². The van der Waals surface area contributed by atoms with E-state index in [0.29, 0.717) is 17.3 Å². The molecule has 0 fully saturated rings. The third-order valence-electron chi connectivity index (χ3n) is 2.84. The molecule has 1 aromatic heterocycles. The molecule has 0 atom stereocenters. The molecule has 0 aliphatic carbocycles. The van der Waals surface area contributed by atoms with Gasteiger partial charge in [-0.3, -0.25) is 9.89 Å². The van der Waals surface area contributed by atoms with Crippen LogP contribution in [0.25, 0.3) is 6.08 Å². The van der Waals surface area contributed by atoms with Crippen LogP contribution in [0.3, 0.4) is 0 Å². The van der Waals surface area contributed by atoms with E-state index in [9.17, 15) is 9.18 Å². The van der Waals surface area contributed by atoms with E-state index in [1.165, 1.54) is 18.2 Å². The van der Waals surface area contributed by atoms with Gasteiger partial charge in [0.05, 0.1) is 0 Å². The Morgan fingerprint density at radius 2 is 2.19 bits per heavy atom. The van der Waals surface area contributed by atoms with Crippen LogP contribution in [0.5, 0.6) is 0 Å². The summed E-state index contributed by atoms with van der Waals surface area (Å²) in [6.45, 7) is 4.05. The Kier molecular flexibility index (Phi) is 4.90. The maximum absolute atomic E-state index is 13.5. The summed E-state index contributed by atoms with van der Waals surface area (Å²) < 4.78 is 14.3. The highest BCUT2D eigenvalue weighted by Crippen LogP contribution is 2.17. The maximum Gasteiger partial charge on any atom is 0.249 e. The van der Waals surface area contributed by atoms with Crippen molar-refractivity contribution in [3.05, 3.63) is 51.9 Å². The van der Waals surface area contributed by atoms with Gasteiger partial charge in [-0.1, -0.05) is 29.8 Å². The van der Waals surface area contributed by atoms with Gasteiger partial charge in [0, 0.05) is 27.9 Å². The molecule has 21 heavy (non-hydrogen) atoms. The molecule has 1 aromatic carbocycles. The molecule has 0 bridgehead atoms. The van der Waals surface area contributed by atoms with Crippen LogP contribution < -0.4 is 5.32 Å². The lowest BCUT2D eigenvalue weighted by Crippen LogP contribution is -2.08. The van der Waals surface area contributed by atoms with Crippen LogP contribution >= 0.6 is 15.9 Å². The highest BCUT2D eigenvalue weighted by atomic mass is 79.9. The molecular weight excluding hydrogens is 337 g/mol. The molecule has 2 rings (SSSR count). The maximum atomic E-state index is 13.5. The number of amides is 1. The predicted octanol–water partition coefficient (Wildman–Crippen LogP) is 4.09. The molecule has 110 valence electrons. The van der Waals surface area contributed by atoms with E-state index >= 15 is 0 Å². The molecule has 0 aliphatic heterocycles. The summed E-state index contributed by atoms with van der Waals surface area (Å²) in [5.74, 6) is -0.00202. The highest BCUT2D eigenvalue weighted by Gasteiger charge is 2.06. The molecule has 1 amide bonds. The number of carbonyl (C=O) groups excluding carboxylic acids is 1. The molecule has 2 aromatic rings. The Hall–Kier alpha value is -1.95. The van der Waals surface area contributed by atoms with Crippen LogP contribution in [0.1, 0.15) is 31.0 Å². The average molecular weight is 352 g/mol. The number of carbonyl (C=O) groups is 1. The number of rotatable bonds is 4. The smallest absolute Gasteiger partial charge is 0.249 e. The zero-order chi connectivity index (χ0) is 15.4. The molecule has 0 radical (unpaired) electrons. The highest BCUT2D eigenvalue weighted by molar-refractivity contribution is 9.10. The van der Waals surface area contributed by atoms with E-state index in [1.807, 2.05) is 13.8 Å². The number of halogens is 2. The first-order valence-corrected chi connectivity index (χ1v) is 7.24. The summed E-state index contributed by atoms with van der Waals surface area (Å²) in [7, 11) is 0. The van der Waals surface area contributed by atoms with Gasteiger partial charge in [-0.15, -0.1) is 0 Å². The number of nitrogens with zero attached hydrogens (tertiary/aromatic N) is 1. The number of anilines is 1. The van der Waals surface area contributed by atoms with Crippen molar-refractivity contribution in [2.45, 2.75) is 19.8 Å². The van der Waals surface area contributed by atoms with Crippen molar-refractivity contribution in [2.24, 2.45) is 0 Å². The second kappa shape index (κ2) is 6.67. The largest absolute Gasteiger partial charge is 0.306 e. The van der Waals surface area contributed by atoms with E-state index in [1.54, 1.807) is 18.2 Å². The number of aromatic nitrogens is 2. The minimum atomic E-state index is -0.385. The van der Waals surface area contributed by atoms with Gasteiger partial charge in [-0.2, -0.15) is 5.10 Å². The van der Waals surface area contributed by atoms with Crippen LogP contribution in [0.4, 0.5) is 10.2 Å². The Morgan fingerprint density at radius 3 is 2.86 bits per heavy atom. The molecule has 6 heteroatoms. The van der Waals surface area contributed by atoms with E-state index in [0.717, 1.165) is 10.2 Å². The van der Waals surface area contributed by atoms with E-state index < -0.39 is 0 Å². The molecule has 4 nitrogen and oxygen atoms in total. The first-order valence-electron chi connectivity index (χ1n) is 6.45. The topological polar surface area (TPSA) is 57.8 Å². The SMILES string of the molecule is CC(C)c1cc(NC(=O)/C=C/c2cc(Br)ccc2F)n[nH]1. The van der Waals surface area contributed by atoms with Crippen molar-refractivity contribution in [1.29, 1.82) is 0 Å². The Morgan fingerprint density at radius 1 is 1.43 bits per heavy atom. The number of nitrogens with one attached hydrogen (secondary N) is 2. The number of benzene rings is 1. The first kappa shape index (κ1) is 15.4. The molecule has 1 heterocycles. The lowest BCUT2D eigenvalue weighted by molar-refractivity contribution is -0.111. The van der Waals surface area contributed by atoms with E-state index in [-0.39, 0.29) is 11.7 Å². The van der Waals surface area contributed by atoms with Crippen LogP contribution in [-0.2, 0) is 4.79 Å². The standard InChI is InChI=1S/C15H15BrFN3O/c1-9(2)13-8-14(20-19-13)18-15(21)6-3-10-7-11(16)4-5-12(10)17/h3-9H,1-2H3,(H2,18,19,20,21)/b6-3+. The second-order valence-electron chi connectivity index (χ2n) is 4.85. The normalized spacial score (nSPS) is 11.3. The van der Waals surface area contributed by atoms with Gasteiger partial charge >= 0.3 is 0 Å². The number of hydrogen-bond acceptors (Lipinski definition) is 2. The monoisotopic (exact) mass is 351 g/mol. The number of aromatic amines is 1. The van der Waals surface area contributed by atoms with Gasteiger partial charge in [0.2, 0.25) is 5.91 Å². The number of H-pyrrole nitrogens is 1. The van der Waals surface area contributed by atoms with Crippen molar-refractivity contribution < 1.29 is 9.18 Å². The van der Waals surface area contributed by atoms with Crippen LogP contribution in [0.2, 0.25) is 0 Å². The molecule has 0 saturated carbocycles. The van der Waals surface area contributed by atoms with Crippen molar-refractivity contribution in [1.82, 2.24) is 10.2 Å². The minimum absolute atomic E-state index is 0.300. The summed E-state index contributed by atoms with van der Waals surface area (Å²) in [6, 6.07) is 6.31. The molecule has 2 N–H and O–H groups in total. The zero-order valence-electron chi connectivity index (χ0n) is 11.7. The average Bonchev–Trinajstić information content (AvgIpc) is 2.88. The number of hydrogen-bond donors (Lipinski definition) is 2. The van der Waals surface area contributed by atoms with E-state index in [4.69, 9.17) is 0 Å². The minimum Gasteiger partial charge on any atom is -0.306 e. The summed E-state index contributed by atoms with van der Waals surface area (Å²) >= 11 is 3.26. The lowest BCUT2D eigenvalue weighted by Gasteiger charge is -1.99. The zero-order valence-corrected chi connectivity index (χ0v) is 13.2. The summed E-state index contributed by atoms with van der Waals surface area (Å²) in [5.41, 5.74) is 1.27. The van der Waals surface area contributed by atoms with Crippen LogP contribution in [0, 0.1) is 5.82 Å². The van der Waals surface area contributed by atoms with Gasteiger partial charge in [0.15, 0.2) is 5.82 Å². The van der Waals surface area contributed by atoms with Gasteiger partial charge in [0.25, 0.3) is 0 Å². The second-order valence-corrected chi connectivity index (χ2v) is 5.77. The Bertz CT molecular complexity index is 679. The van der Waals surface area contributed by atoms with Crippen molar-refractivity contribution in [3.8, 4) is 0 Å². The molecule has 0 aliphatic rings. The van der Waals surface area contributed by atoms with Crippen molar-refractivity contribution in [2.75, 3.05) is 5.32 Å². The van der Waals surface area contributed by atoms with Gasteiger partial charge < -0.3 is 5.32 Å². The van der Waals surface area contributed by atoms with Gasteiger partial charge in [0.1, 0.15) is 5.82 Å². The summed E-state index contributed by atoms with van der Waals surface area (Å²) in [5, 5.41) is 9.46. The molecular formula is C15H15BrFN3O. The Labute approximate surface area is 130 Å². The third kappa shape index (κ3) is 4.26. The van der Waals surface area contributed by atoms with Crippen LogP contribution in [0.15, 0.2) is 34.8 Å². The van der Waals surface area contributed by atoms with Crippen molar-refractivity contribution in [3.63, 3.8) is 0 Å². The fraction of sp³-hybridized carbons (Fsp3) is 0.200. The first-order chi connectivity index (χ1) is 9.95.